The third-order valence-corrected chi connectivity index (χ3v) is 3.95. The second kappa shape index (κ2) is 3.96. The van der Waals surface area contributed by atoms with Crippen molar-refractivity contribution < 1.29 is 14.7 Å². The van der Waals surface area contributed by atoms with Gasteiger partial charge < -0.3 is 21.1 Å². The molecule has 0 aromatic rings. The van der Waals surface area contributed by atoms with Crippen LogP contribution in [0.25, 0.3) is 0 Å². The number of amides is 2. The van der Waals surface area contributed by atoms with Gasteiger partial charge in [0, 0.05) is 6.54 Å². The Morgan fingerprint density at radius 1 is 1.71 bits per heavy atom. The van der Waals surface area contributed by atoms with Crippen LogP contribution in [0, 0.1) is 0 Å². The van der Waals surface area contributed by atoms with E-state index in [-0.39, 0.29) is 17.9 Å². The van der Waals surface area contributed by atoms with Crippen LogP contribution in [0.15, 0.2) is 0 Å². The molecular weight excluding hydrogens is 222 g/mol. The summed E-state index contributed by atoms with van der Waals surface area (Å²) in [6, 6.07) is -0.992. The Bertz CT molecular complexity index is 358. The maximum atomic E-state index is 12.1. The number of nitrogens with zero attached hydrogens (tertiary/aromatic N) is 1. The van der Waals surface area contributed by atoms with Crippen LogP contribution in [-0.4, -0.2) is 52.1 Å². The molecule has 1 spiro atoms. The van der Waals surface area contributed by atoms with Crippen molar-refractivity contribution in [2.75, 3.05) is 6.54 Å². The van der Waals surface area contributed by atoms with Gasteiger partial charge in [-0.2, -0.15) is 0 Å². The van der Waals surface area contributed by atoms with Crippen molar-refractivity contribution >= 4 is 11.8 Å². The summed E-state index contributed by atoms with van der Waals surface area (Å²) in [4.78, 5) is 25.5. The lowest BCUT2D eigenvalue weighted by Crippen LogP contribution is -2.78. The highest BCUT2D eigenvalue weighted by Crippen LogP contribution is 2.38. The molecule has 2 saturated heterocycles. The van der Waals surface area contributed by atoms with Crippen LogP contribution in [-0.2, 0) is 9.59 Å². The lowest BCUT2D eigenvalue weighted by atomic mass is 9.79. The fraction of sp³-hybridized carbons (Fsp3) is 0.818. The van der Waals surface area contributed by atoms with Gasteiger partial charge in [-0.05, 0) is 26.7 Å². The molecule has 0 radical (unpaired) electrons. The van der Waals surface area contributed by atoms with E-state index in [1.807, 2.05) is 6.92 Å². The molecule has 4 atom stereocenters. The van der Waals surface area contributed by atoms with E-state index in [0.29, 0.717) is 13.0 Å². The first-order valence-electron chi connectivity index (χ1n) is 5.97. The first kappa shape index (κ1) is 12.3. The van der Waals surface area contributed by atoms with E-state index >= 15 is 0 Å². The van der Waals surface area contributed by atoms with E-state index < -0.39 is 17.7 Å². The summed E-state index contributed by atoms with van der Waals surface area (Å²) in [6.07, 6.45) is 0.576. The molecule has 17 heavy (non-hydrogen) atoms. The molecule has 96 valence electrons. The molecule has 0 bridgehead atoms. The Morgan fingerprint density at radius 3 is 2.82 bits per heavy atom. The molecule has 2 rings (SSSR count). The van der Waals surface area contributed by atoms with Gasteiger partial charge in [0.2, 0.25) is 11.8 Å². The third kappa shape index (κ3) is 1.55. The zero-order valence-electron chi connectivity index (χ0n) is 10.1. The number of aliphatic hydroxyl groups excluding tert-OH is 1. The minimum atomic E-state index is -0.953. The van der Waals surface area contributed by atoms with Crippen LogP contribution in [0.1, 0.15) is 26.7 Å². The molecule has 2 heterocycles. The Morgan fingerprint density at radius 2 is 2.35 bits per heavy atom. The van der Waals surface area contributed by atoms with E-state index in [1.54, 1.807) is 4.90 Å². The fourth-order valence-electron chi connectivity index (χ4n) is 2.78. The van der Waals surface area contributed by atoms with Crippen LogP contribution in [0.2, 0.25) is 0 Å². The number of carbonyl (C=O) groups excluding carboxylic acids is 2. The molecule has 4 N–H and O–H groups in total. The van der Waals surface area contributed by atoms with Crippen molar-refractivity contribution in [3.63, 3.8) is 0 Å². The number of carbonyl (C=O) groups is 2. The van der Waals surface area contributed by atoms with E-state index in [9.17, 15) is 14.7 Å². The predicted octanol–water partition coefficient (Wildman–Crippen LogP) is -1.43. The fourth-order valence-corrected chi connectivity index (χ4v) is 2.78. The van der Waals surface area contributed by atoms with Crippen molar-refractivity contribution in [3.8, 4) is 0 Å². The molecule has 0 aromatic carbocycles. The van der Waals surface area contributed by atoms with Crippen molar-refractivity contribution in [1.29, 1.82) is 0 Å². The topological polar surface area (TPSA) is 95.7 Å². The monoisotopic (exact) mass is 241 g/mol. The molecule has 0 aliphatic carbocycles. The van der Waals surface area contributed by atoms with Gasteiger partial charge >= 0.3 is 0 Å². The Balaban J connectivity index is 2.21. The van der Waals surface area contributed by atoms with Gasteiger partial charge in [0.05, 0.1) is 12.1 Å². The van der Waals surface area contributed by atoms with Crippen LogP contribution in [0.4, 0.5) is 0 Å². The average Bonchev–Trinajstić information content (AvgIpc) is 2.74. The third-order valence-electron chi connectivity index (χ3n) is 3.95. The zero-order chi connectivity index (χ0) is 12.8. The maximum absolute atomic E-state index is 12.1. The Hall–Kier alpha value is -1.14. The predicted molar refractivity (Wildman–Crippen MR) is 60.9 cm³/mol. The summed E-state index contributed by atoms with van der Waals surface area (Å²) in [7, 11) is 0. The van der Waals surface area contributed by atoms with E-state index in [1.165, 1.54) is 6.92 Å². The highest BCUT2D eigenvalue weighted by molar-refractivity contribution is 5.99. The molecule has 2 amide bonds. The number of β-lactam (4-membered cyclic amide) rings is 1. The molecule has 2 aliphatic rings. The highest BCUT2D eigenvalue weighted by atomic mass is 16.3. The van der Waals surface area contributed by atoms with Crippen LogP contribution >= 0.6 is 0 Å². The molecule has 6 heteroatoms. The minimum Gasteiger partial charge on any atom is -0.391 e. The van der Waals surface area contributed by atoms with Crippen LogP contribution < -0.4 is 11.1 Å². The highest BCUT2D eigenvalue weighted by Gasteiger charge is 2.60. The second-order valence-corrected chi connectivity index (χ2v) is 4.98. The molecule has 0 aromatic heterocycles. The summed E-state index contributed by atoms with van der Waals surface area (Å²) in [5.74, 6) is -0.437. The average molecular weight is 241 g/mol. The van der Waals surface area contributed by atoms with Crippen molar-refractivity contribution in [3.05, 3.63) is 0 Å². The zero-order valence-corrected chi connectivity index (χ0v) is 10.1. The summed E-state index contributed by atoms with van der Waals surface area (Å²) in [5.41, 5.74) is 4.94. The van der Waals surface area contributed by atoms with Gasteiger partial charge in [0.1, 0.15) is 11.6 Å². The maximum Gasteiger partial charge on any atom is 0.248 e. The summed E-state index contributed by atoms with van der Waals surface area (Å²) >= 11 is 0. The lowest BCUT2D eigenvalue weighted by molar-refractivity contribution is -0.158. The molecule has 2 unspecified atom stereocenters. The quantitative estimate of drug-likeness (QED) is 0.517. The van der Waals surface area contributed by atoms with Crippen LogP contribution in [0.3, 0.4) is 0 Å². The van der Waals surface area contributed by atoms with Gasteiger partial charge in [0.15, 0.2) is 0 Å². The number of aliphatic hydroxyl groups is 1. The summed E-state index contributed by atoms with van der Waals surface area (Å²) < 4.78 is 0. The number of hydrogen-bond acceptors (Lipinski definition) is 4. The summed E-state index contributed by atoms with van der Waals surface area (Å²) in [6.45, 7) is 3.91. The van der Waals surface area contributed by atoms with Gasteiger partial charge in [-0.1, -0.05) is 0 Å². The molecule has 6 nitrogen and oxygen atoms in total. The number of nitrogens with two attached hydrogens (primary N) is 1. The molecule has 2 fully saturated rings. The van der Waals surface area contributed by atoms with Gasteiger partial charge in [-0.3, -0.25) is 9.59 Å². The van der Waals surface area contributed by atoms with Crippen LogP contribution in [0.5, 0.6) is 0 Å². The minimum absolute atomic E-state index is 0.0392. The van der Waals surface area contributed by atoms with Crippen molar-refractivity contribution in [2.45, 2.75) is 50.4 Å². The van der Waals surface area contributed by atoms with Gasteiger partial charge in [-0.25, -0.2) is 0 Å². The normalized spacial score (nSPS) is 35.4. The first-order chi connectivity index (χ1) is 7.91. The van der Waals surface area contributed by atoms with E-state index in [4.69, 9.17) is 5.73 Å². The smallest absolute Gasteiger partial charge is 0.248 e. The Labute approximate surface area is 100 Å². The molecular formula is C11H19N3O3. The lowest BCUT2D eigenvalue weighted by Gasteiger charge is -2.50. The Kier molecular flexibility index (Phi) is 2.87. The van der Waals surface area contributed by atoms with Crippen molar-refractivity contribution in [2.24, 2.45) is 5.73 Å². The number of likely N-dealkylation sites (tertiary alicyclic amines) is 1. The summed E-state index contributed by atoms with van der Waals surface area (Å²) in [5, 5.41) is 12.1. The molecule has 2 aliphatic heterocycles. The van der Waals surface area contributed by atoms with Gasteiger partial charge in [0.25, 0.3) is 0 Å². The van der Waals surface area contributed by atoms with E-state index in [0.717, 1.165) is 6.42 Å². The van der Waals surface area contributed by atoms with E-state index in [2.05, 4.69) is 5.32 Å². The standard InChI is InChI=1S/C11H19N3O3/c1-6(15)8(12)9(16)14-5-3-4-11(14)7(2)13-10(11)17/h6-8,15H,3-5,12H2,1-2H3,(H,13,17)/t6-,7?,8+,11?/m1/s1. The number of nitrogens with one attached hydrogen (secondary N) is 1. The number of rotatable bonds is 2. The first-order valence-corrected chi connectivity index (χ1v) is 5.97. The van der Waals surface area contributed by atoms with Gasteiger partial charge in [-0.15, -0.1) is 0 Å². The largest absolute Gasteiger partial charge is 0.391 e. The number of hydrogen-bond donors (Lipinski definition) is 3. The second-order valence-electron chi connectivity index (χ2n) is 4.98. The SMILES string of the molecule is CC1NC(=O)C12CCCN2C(=O)[C@@H](N)[C@@H](C)O. The van der Waals surface area contributed by atoms with Crippen molar-refractivity contribution in [1.82, 2.24) is 10.2 Å². The molecule has 0 saturated carbocycles.